The highest BCUT2D eigenvalue weighted by Crippen LogP contribution is 2.31. The summed E-state index contributed by atoms with van der Waals surface area (Å²) >= 11 is 0. The maximum Gasteiger partial charge on any atom is 0.267 e. The Morgan fingerprint density at radius 1 is 0.929 bits per heavy atom. The van der Waals surface area contributed by atoms with E-state index in [1.54, 1.807) is 40.1 Å². The van der Waals surface area contributed by atoms with Crippen LogP contribution in [0.2, 0.25) is 0 Å². The van der Waals surface area contributed by atoms with E-state index < -0.39 is 6.10 Å². The van der Waals surface area contributed by atoms with Gasteiger partial charge in [0, 0.05) is 26.2 Å². The second-order valence-corrected chi connectivity index (χ2v) is 6.84. The van der Waals surface area contributed by atoms with Gasteiger partial charge in [0.2, 0.25) is 12.0 Å². The zero-order valence-corrected chi connectivity index (χ0v) is 15.3. The summed E-state index contributed by atoms with van der Waals surface area (Å²) in [4.78, 5) is 28.5. The Balaban J connectivity index is 1.31. The lowest BCUT2D eigenvalue weighted by Crippen LogP contribution is -2.55. The number of rotatable bonds is 3. The lowest BCUT2D eigenvalue weighted by atomic mass is 10.1. The minimum absolute atomic E-state index is 0.0248. The molecule has 1 fully saturated rings. The largest absolute Gasteiger partial charge is 0.485 e. The van der Waals surface area contributed by atoms with Crippen molar-refractivity contribution in [3.8, 4) is 11.5 Å². The zero-order valence-electron chi connectivity index (χ0n) is 15.3. The molecule has 146 valence electrons. The first-order valence-corrected chi connectivity index (χ1v) is 9.30. The van der Waals surface area contributed by atoms with E-state index in [4.69, 9.17) is 9.47 Å². The molecule has 7 heteroatoms. The van der Waals surface area contributed by atoms with Crippen molar-refractivity contribution in [1.29, 1.82) is 0 Å². The van der Waals surface area contributed by atoms with Gasteiger partial charge in [-0.3, -0.25) is 9.59 Å². The van der Waals surface area contributed by atoms with Gasteiger partial charge in [0.1, 0.15) is 12.4 Å². The van der Waals surface area contributed by atoms with Gasteiger partial charge in [0.05, 0.1) is 6.42 Å². The number of nitrogens with zero attached hydrogens (tertiary/aromatic N) is 2. The minimum atomic E-state index is -0.685. The van der Waals surface area contributed by atoms with Gasteiger partial charge in [-0.2, -0.15) is 0 Å². The summed E-state index contributed by atoms with van der Waals surface area (Å²) in [6.07, 6.45) is -0.660. The Bertz CT molecular complexity index is 880. The fourth-order valence-corrected chi connectivity index (χ4v) is 3.44. The van der Waals surface area contributed by atoms with E-state index in [9.17, 15) is 14.0 Å². The molecule has 4 rings (SSSR count). The van der Waals surface area contributed by atoms with Gasteiger partial charge in [-0.05, 0) is 23.8 Å². The maximum absolute atomic E-state index is 13.7. The Kier molecular flexibility index (Phi) is 5.14. The van der Waals surface area contributed by atoms with E-state index in [-0.39, 0.29) is 30.7 Å². The first-order chi connectivity index (χ1) is 13.6. The minimum Gasteiger partial charge on any atom is -0.485 e. The van der Waals surface area contributed by atoms with Crippen LogP contribution in [0.5, 0.6) is 11.5 Å². The predicted octanol–water partition coefficient (Wildman–Crippen LogP) is 1.88. The van der Waals surface area contributed by atoms with Crippen LogP contribution in [0, 0.1) is 5.82 Å². The molecule has 2 aromatic carbocycles. The van der Waals surface area contributed by atoms with Crippen LogP contribution in [0.4, 0.5) is 4.39 Å². The second kappa shape index (κ2) is 7.88. The van der Waals surface area contributed by atoms with Crippen LogP contribution < -0.4 is 9.47 Å². The van der Waals surface area contributed by atoms with Gasteiger partial charge in [0.25, 0.3) is 5.91 Å². The number of amides is 2. The highest BCUT2D eigenvalue weighted by atomic mass is 19.1. The fraction of sp³-hybridized carbons (Fsp3) is 0.333. The molecule has 0 spiro atoms. The first-order valence-electron chi connectivity index (χ1n) is 9.30. The highest BCUT2D eigenvalue weighted by molar-refractivity contribution is 5.83. The number of ether oxygens (including phenoxy) is 2. The fourth-order valence-electron chi connectivity index (χ4n) is 3.44. The lowest BCUT2D eigenvalue weighted by Gasteiger charge is -2.37. The quantitative estimate of drug-likeness (QED) is 0.811. The molecular weight excluding hydrogens is 363 g/mol. The van der Waals surface area contributed by atoms with Gasteiger partial charge in [0.15, 0.2) is 11.5 Å². The van der Waals surface area contributed by atoms with Gasteiger partial charge in [-0.25, -0.2) is 4.39 Å². The summed E-state index contributed by atoms with van der Waals surface area (Å²) in [6, 6.07) is 13.5. The third-order valence-corrected chi connectivity index (χ3v) is 5.03. The third-order valence-electron chi connectivity index (χ3n) is 5.03. The lowest BCUT2D eigenvalue weighted by molar-refractivity contribution is -0.146. The number of benzene rings is 2. The van der Waals surface area contributed by atoms with E-state index in [0.29, 0.717) is 43.2 Å². The number of fused-ring (bicyclic) bond motifs is 1. The molecule has 0 saturated carbocycles. The Morgan fingerprint density at radius 2 is 1.57 bits per heavy atom. The summed E-state index contributed by atoms with van der Waals surface area (Å²) < 4.78 is 25.1. The molecule has 0 bridgehead atoms. The molecule has 2 aromatic rings. The number of hydrogen-bond acceptors (Lipinski definition) is 4. The Labute approximate surface area is 162 Å². The number of carbonyl (C=O) groups excluding carboxylic acids is 2. The molecule has 0 aliphatic carbocycles. The van der Waals surface area contributed by atoms with Crippen molar-refractivity contribution in [1.82, 2.24) is 9.80 Å². The second-order valence-electron chi connectivity index (χ2n) is 6.84. The van der Waals surface area contributed by atoms with E-state index >= 15 is 0 Å². The van der Waals surface area contributed by atoms with Crippen molar-refractivity contribution < 1.29 is 23.5 Å². The topological polar surface area (TPSA) is 59.1 Å². The molecule has 6 nitrogen and oxygen atoms in total. The van der Waals surface area contributed by atoms with Gasteiger partial charge in [-0.1, -0.05) is 30.3 Å². The van der Waals surface area contributed by atoms with E-state index in [2.05, 4.69) is 0 Å². The van der Waals surface area contributed by atoms with Gasteiger partial charge < -0.3 is 19.3 Å². The SMILES string of the molecule is O=C(Cc1ccccc1F)N1CCN(C(=O)C2COc3ccccc3O2)CC1. The van der Waals surface area contributed by atoms with Crippen molar-refractivity contribution >= 4 is 11.8 Å². The summed E-state index contributed by atoms with van der Waals surface area (Å²) in [5.74, 6) is 0.541. The molecule has 0 N–H and O–H groups in total. The van der Waals surface area contributed by atoms with Crippen LogP contribution in [-0.2, 0) is 16.0 Å². The maximum atomic E-state index is 13.7. The molecule has 1 atom stereocenters. The molecule has 2 aliphatic rings. The number of para-hydroxylation sites is 2. The normalized spacial score (nSPS) is 18.7. The third kappa shape index (κ3) is 3.78. The van der Waals surface area contributed by atoms with Crippen LogP contribution in [0.15, 0.2) is 48.5 Å². The molecular formula is C21H21FN2O4. The average molecular weight is 384 g/mol. The molecule has 2 heterocycles. The van der Waals surface area contributed by atoms with E-state index in [0.717, 1.165) is 0 Å². The molecule has 1 saturated heterocycles. The summed E-state index contributed by atoms with van der Waals surface area (Å²) in [7, 11) is 0. The van der Waals surface area contributed by atoms with Crippen molar-refractivity contribution in [3.63, 3.8) is 0 Å². The highest BCUT2D eigenvalue weighted by Gasteiger charge is 2.33. The molecule has 2 amide bonds. The number of halogens is 1. The zero-order chi connectivity index (χ0) is 19.5. The Morgan fingerprint density at radius 3 is 2.32 bits per heavy atom. The van der Waals surface area contributed by atoms with Gasteiger partial charge in [-0.15, -0.1) is 0 Å². The van der Waals surface area contributed by atoms with Crippen LogP contribution in [0.3, 0.4) is 0 Å². The molecule has 0 radical (unpaired) electrons. The van der Waals surface area contributed by atoms with Crippen LogP contribution in [-0.4, -0.2) is 60.5 Å². The standard InChI is InChI=1S/C21H21FN2O4/c22-16-6-2-1-5-15(16)13-20(25)23-9-11-24(12-10-23)21(26)19-14-27-17-7-3-4-8-18(17)28-19/h1-8,19H,9-14H2. The number of carbonyl (C=O) groups is 2. The molecule has 1 unspecified atom stereocenters. The Hall–Kier alpha value is -3.09. The van der Waals surface area contributed by atoms with Crippen molar-refractivity contribution in [3.05, 3.63) is 59.9 Å². The summed E-state index contributed by atoms with van der Waals surface area (Å²) in [5.41, 5.74) is 0.387. The summed E-state index contributed by atoms with van der Waals surface area (Å²) in [6.45, 7) is 1.85. The van der Waals surface area contributed by atoms with Crippen LogP contribution in [0.1, 0.15) is 5.56 Å². The van der Waals surface area contributed by atoms with Crippen LogP contribution >= 0.6 is 0 Å². The number of hydrogen-bond donors (Lipinski definition) is 0. The predicted molar refractivity (Wildman–Crippen MR) is 99.6 cm³/mol. The van der Waals surface area contributed by atoms with Crippen molar-refractivity contribution in [2.75, 3.05) is 32.8 Å². The monoisotopic (exact) mass is 384 g/mol. The van der Waals surface area contributed by atoms with Crippen molar-refractivity contribution in [2.45, 2.75) is 12.5 Å². The van der Waals surface area contributed by atoms with E-state index in [1.165, 1.54) is 6.07 Å². The smallest absolute Gasteiger partial charge is 0.267 e. The van der Waals surface area contributed by atoms with Crippen molar-refractivity contribution in [2.24, 2.45) is 0 Å². The first kappa shape index (κ1) is 18.3. The average Bonchev–Trinajstić information content (AvgIpc) is 2.74. The molecule has 28 heavy (non-hydrogen) atoms. The van der Waals surface area contributed by atoms with Gasteiger partial charge >= 0.3 is 0 Å². The molecule has 0 aromatic heterocycles. The number of piperazine rings is 1. The summed E-state index contributed by atoms with van der Waals surface area (Å²) in [5, 5.41) is 0. The molecule has 2 aliphatic heterocycles. The van der Waals surface area contributed by atoms with Crippen LogP contribution in [0.25, 0.3) is 0 Å². The van der Waals surface area contributed by atoms with E-state index in [1.807, 2.05) is 12.1 Å².